The standard InChI is InChI=1S/C7H15OS/c1-4-5-6-9(3)7(2)8/h4-6H2,1-3H3/q+1. The van der Waals surface area contributed by atoms with Crippen LogP contribution in [0.1, 0.15) is 26.7 Å². The molecular weight excluding hydrogens is 132 g/mol. The van der Waals surface area contributed by atoms with E-state index in [-0.39, 0.29) is 10.9 Å². The summed E-state index contributed by atoms with van der Waals surface area (Å²) in [5.74, 6) is 1.09. The largest absolute Gasteiger partial charge is 0.327 e. The molecule has 0 radical (unpaired) electrons. The fourth-order valence-electron chi connectivity index (χ4n) is 0.505. The smallest absolute Gasteiger partial charge is 0.238 e. The second-order valence-electron chi connectivity index (χ2n) is 2.19. The molecule has 9 heavy (non-hydrogen) atoms. The first-order valence-electron chi connectivity index (χ1n) is 3.31. The molecule has 0 aromatic rings. The van der Waals surface area contributed by atoms with Crippen LogP contribution in [0, 0.1) is 0 Å². The molecule has 0 fully saturated rings. The van der Waals surface area contributed by atoms with Gasteiger partial charge >= 0.3 is 5.12 Å². The van der Waals surface area contributed by atoms with Crippen molar-refractivity contribution in [3.63, 3.8) is 0 Å². The Hall–Kier alpha value is 0.0200. The molecule has 1 nitrogen and oxygen atoms in total. The van der Waals surface area contributed by atoms with E-state index in [4.69, 9.17) is 0 Å². The SMILES string of the molecule is CCCC[S+](C)C(C)=O. The van der Waals surface area contributed by atoms with E-state index in [2.05, 4.69) is 6.92 Å². The van der Waals surface area contributed by atoms with Gasteiger partial charge in [-0.25, -0.2) is 4.79 Å². The lowest BCUT2D eigenvalue weighted by Gasteiger charge is -1.94. The number of carbonyl (C=O) groups is 1. The lowest BCUT2D eigenvalue weighted by Crippen LogP contribution is -2.13. The third-order valence-corrected chi connectivity index (χ3v) is 3.18. The van der Waals surface area contributed by atoms with Gasteiger partial charge in [-0.1, -0.05) is 13.3 Å². The zero-order valence-electron chi connectivity index (χ0n) is 6.44. The van der Waals surface area contributed by atoms with E-state index in [1.54, 1.807) is 6.92 Å². The lowest BCUT2D eigenvalue weighted by molar-refractivity contribution is -0.109. The summed E-state index contributed by atoms with van der Waals surface area (Å²) in [6, 6.07) is 0. The molecule has 0 N–H and O–H groups in total. The zero-order chi connectivity index (χ0) is 7.28. The van der Waals surface area contributed by atoms with E-state index in [0.717, 1.165) is 5.75 Å². The van der Waals surface area contributed by atoms with Gasteiger partial charge in [0.25, 0.3) is 0 Å². The van der Waals surface area contributed by atoms with Crippen molar-refractivity contribution in [2.24, 2.45) is 0 Å². The van der Waals surface area contributed by atoms with Gasteiger partial charge < -0.3 is 0 Å². The van der Waals surface area contributed by atoms with Gasteiger partial charge in [0.2, 0.25) is 0 Å². The minimum atomic E-state index is 0.0395. The average molecular weight is 147 g/mol. The summed E-state index contributed by atoms with van der Waals surface area (Å²) in [4.78, 5) is 10.7. The first-order valence-corrected chi connectivity index (χ1v) is 5.11. The molecule has 0 rings (SSSR count). The van der Waals surface area contributed by atoms with Crippen molar-refractivity contribution in [3.05, 3.63) is 0 Å². The van der Waals surface area contributed by atoms with E-state index in [1.807, 2.05) is 6.26 Å². The van der Waals surface area contributed by atoms with Crippen LogP contribution in [-0.4, -0.2) is 17.1 Å². The van der Waals surface area contributed by atoms with Gasteiger partial charge in [-0.05, 0) is 6.42 Å². The number of unbranched alkanes of at least 4 members (excludes halogenated alkanes) is 1. The van der Waals surface area contributed by atoms with Gasteiger partial charge in [0, 0.05) is 6.92 Å². The Bertz CT molecular complexity index is 90.9. The summed E-state index contributed by atoms with van der Waals surface area (Å²) in [5, 5.41) is 0.350. The number of rotatable bonds is 3. The Morgan fingerprint density at radius 1 is 1.56 bits per heavy atom. The van der Waals surface area contributed by atoms with E-state index >= 15 is 0 Å². The summed E-state index contributed by atoms with van der Waals surface area (Å²) in [7, 11) is 0.0395. The molecule has 0 heterocycles. The Kier molecular flexibility index (Phi) is 4.87. The highest BCUT2D eigenvalue weighted by Crippen LogP contribution is 1.97. The highest BCUT2D eigenvalue weighted by Gasteiger charge is 2.15. The molecule has 1 atom stereocenters. The Balaban J connectivity index is 3.27. The van der Waals surface area contributed by atoms with Gasteiger partial charge in [0.15, 0.2) is 0 Å². The van der Waals surface area contributed by atoms with Crippen molar-refractivity contribution in [2.45, 2.75) is 26.7 Å². The van der Waals surface area contributed by atoms with Gasteiger partial charge in [-0.15, -0.1) is 0 Å². The maximum absolute atomic E-state index is 10.7. The molecule has 0 bridgehead atoms. The molecule has 0 saturated heterocycles. The van der Waals surface area contributed by atoms with Crippen LogP contribution < -0.4 is 0 Å². The molecule has 0 saturated carbocycles. The van der Waals surface area contributed by atoms with Crippen molar-refractivity contribution in [1.29, 1.82) is 0 Å². The van der Waals surface area contributed by atoms with Crippen LogP contribution in [0.5, 0.6) is 0 Å². The van der Waals surface area contributed by atoms with E-state index in [1.165, 1.54) is 12.8 Å². The molecule has 0 aliphatic rings. The first-order chi connectivity index (χ1) is 4.18. The van der Waals surface area contributed by atoms with Crippen molar-refractivity contribution in [1.82, 2.24) is 0 Å². The molecule has 0 aliphatic carbocycles. The van der Waals surface area contributed by atoms with E-state index in [9.17, 15) is 4.79 Å². The normalized spacial score (nSPS) is 13.2. The first kappa shape index (κ1) is 9.02. The summed E-state index contributed by atoms with van der Waals surface area (Å²) >= 11 is 0. The van der Waals surface area contributed by atoms with Crippen LogP contribution in [0.25, 0.3) is 0 Å². The minimum absolute atomic E-state index is 0.0395. The second-order valence-corrected chi connectivity index (χ2v) is 4.44. The topological polar surface area (TPSA) is 17.1 Å². The zero-order valence-corrected chi connectivity index (χ0v) is 7.25. The predicted octanol–water partition coefficient (Wildman–Crippen LogP) is 1.58. The molecule has 0 spiro atoms. The van der Waals surface area contributed by atoms with Crippen molar-refractivity contribution < 1.29 is 4.79 Å². The van der Waals surface area contributed by atoms with Crippen LogP contribution >= 0.6 is 0 Å². The summed E-state index contributed by atoms with van der Waals surface area (Å²) in [6.45, 7) is 3.83. The van der Waals surface area contributed by atoms with Gasteiger partial charge in [-0.2, -0.15) is 0 Å². The molecular formula is C7H15OS+. The lowest BCUT2D eigenvalue weighted by atomic mass is 10.4. The van der Waals surface area contributed by atoms with Gasteiger partial charge in [0.05, 0.1) is 10.9 Å². The molecule has 0 amide bonds. The highest BCUT2D eigenvalue weighted by atomic mass is 32.2. The third kappa shape index (κ3) is 4.52. The summed E-state index contributed by atoms with van der Waals surface area (Å²) in [5.41, 5.74) is 0. The highest BCUT2D eigenvalue weighted by molar-refractivity contribution is 8.10. The van der Waals surface area contributed by atoms with Crippen molar-refractivity contribution >= 4 is 16.0 Å². The van der Waals surface area contributed by atoms with Crippen LogP contribution in [0.15, 0.2) is 0 Å². The maximum atomic E-state index is 10.7. The molecule has 0 aromatic carbocycles. The fourth-order valence-corrected chi connectivity index (χ4v) is 1.51. The second kappa shape index (κ2) is 4.86. The molecule has 54 valence electrons. The number of hydrogen-bond acceptors (Lipinski definition) is 1. The number of hydrogen-bond donors (Lipinski definition) is 0. The molecule has 1 unspecified atom stereocenters. The van der Waals surface area contributed by atoms with Gasteiger partial charge in [0.1, 0.15) is 12.0 Å². The van der Waals surface area contributed by atoms with Crippen LogP contribution in [0.3, 0.4) is 0 Å². The average Bonchev–Trinajstić information content (AvgIpc) is 1.82. The Labute approximate surface area is 60.2 Å². The summed E-state index contributed by atoms with van der Waals surface area (Å²) in [6.07, 6.45) is 4.42. The van der Waals surface area contributed by atoms with E-state index in [0.29, 0.717) is 5.12 Å². The minimum Gasteiger partial charge on any atom is -0.238 e. The van der Waals surface area contributed by atoms with Crippen LogP contribution in [-0.2, 0) is 15.7 Å². The van der Waals surface area contributed by atoms with Crippen LogP contribution in [0.2, 0.25) is 0 Å². The number of carbonyl (C=O) groups excluding carboxylic acids is 1. The Morgan fingerprint density at radius 3 is 2.44 bits per heavy atom. The van der Waals surface area contributed by atoms with Crippen molar-refractivity contribution in [3.8, 4) is 0 Å². The van der Waals surface area contributed by atoms with Crippen molar-refractivity contribution in [2.75, 3.05) is 12.0 Å². The quantitative estimate of drug-likeness (QED) is 0.554. The third-order valence-electron chi connectivity index (χ3n) is 1.29. The molecule has 0 aromatic heterocycles. The van der Waals surface area contributed by atoms with Gasteiger partial charge in [-0.3, -0.25) is 0 Å². The molecule has 0 aliphatic heterocycles. The monoisotopic (exact) mass is 147 g/mol. The summed E-state index contributed by atoms with van der Waals surface area (Å²) < 4.78 is 0. The van der Waals surface area contributed by atoms with E-state index < -0.39 is 0 Å². The van der Waals surface area contributed by atoms with Crippen LogP contribution in [0.4, 0.5) is 0 Å². The maximum Gasteiger partial charge on any atom is 0.327 e. The fraction of sp³-hybridized carbons (Fsp3) is 0.857. The molecule has 2 heteroatoms. The predicted molar refractivity (Wildman–Crippen MR) is 43.7 cm³/mol. The Morgan fingerprint density at radius 2 is 2.11 bits per heavy atom.